The molecule has 0 radical (unpaired) electrons. The van der Waals surface area contributed by atoms with Crippen molar-refractivity contribution in [1.29, 1.82) is 0 Å². The predicted octanol–water partition coefficient (Wildman–Crippen LogP) is 3.26. The summed E-state index contributed by atoms with van der Waals surface area (Å²) in [7, 11) is 0. The van der Waals surface area contributed by atoms with Crippen LogP contribution >= 0.6 is 0 Å². The van der Waals surface area contributed by atoms with E-state index in [1.165, 1.54) is 0 Å². The third-order valence-electron chi connectivity index (χ3n) is 7.38. The number of amides is 2. The van der Waals surface area contributed by atoms with Crippen LogP contribution in [0.3, 0.4) is 0 Å². The van der Waals surface area contributed by atoms with Gasteiger partial charge in [0.2, 0.25) is 6.79 Å². The predicted molar refractivity (Wildman–Crippen MR) is 139 cm³/mol. The lowest BCUT2D eigenvalue weighted by atomic mass is 10.1. The van der Waals surface area contributed by atoms with Crippen molar-refractivity contribution < 1.29 is 23.8 Å². The molecule has 3 aliphatic heterocycles. The maximum absolute atomic E-state index is 13.2. The largest absolute Gasteiger partial charge is 0.454 e. The van der Waals surface area contributed by atoms with E-state index in [9.17, 15) is 9.59 Å². The zero-order valence-electron chi connectivity index (χ0n) is 20.8. The van der Waals surface area contributed by atoms with Gasteiger partial charge in [0.05, 0.1) is 12.7 Å². The third kappa shape index (κ3) is 5.12. The summed E-state index contributed by atoms with van der Waals surface area (Å²) in [6, 6.07) is 19.4. The maximum Gasteiger partial charge on any atom is 0.254 e. The lowest BCUT2D eigenvalue weighted by Gasteiger charge is -2.35. The van der Waals surface area contributed by atoms with Gasteiger partial charge in [0.15, 0.2) is 11.5 Å². The fourth-order valence-electron chi connectivity index (χ4n) is 5.38. The Labute approximate surface area is 216 Å². The Balaban J connectivity index is 1.04. The Morgan fingerprint density at radius 2 is 1.54 bits per heavy atom. The number of hydrogen-bond acceptors (Lipinski definition) is 6. The summed E-state index contributed by atoms with van der Waals surface area (Å²) in [5.41, 5.74) is 1.34. The van der Waals surface area contributed by atoms with E-state index in [4.69, 9.17) is 14.2 Å². The Hall–Kier alpha value is -3.62. The van der Waals surface area contributed by atoms with Crippen molar-refractivity contribution in [2.75, 3.05) is 59.2 Å². The third-order valence-corrected chi connectivity index (χ3v) is 7.38. The molecule has 0 aromatic heterocycles. The highest BCUT2D eigenvalue weighted by Crippen LogP contribution is 2.33. The number of carbonyl (C=O) groups is 2. The van der Waals surface area contributed by atoms with Crippen LogP contribution in [0.4, 0.5) is 0 Å². The van der Waals surface area contributed by atoms with Crippen LogP contribution in [-0.2, 0) is 4.74 Å². The molecule has 8 nitrogen and oxygen atoms in total. The first-order valence-corrected chi connectivity index (χ1v) is 12.9. The van der Waals surface area contributed by atoms with Crippen LogP contribution in [0.1, 0.15) is 27.1 Å². The average Bonchev–Trinajstić information content (AvgIpc) is 3.30. The minimum Gasteiger partial charge on any atom is -0.454 e. The number of fused-ring (bicyclic) bond motifs is 2. The van der Waals surface area contributed by atoms with Gasteiger partial charge in [-0.15, -0.1) is 0 Å². The first kappa shape index (κ1) is 23.8. The molecule has 8 heteroatoms. The van der Waals surface area contributed by atoms with Crippen LogP contribution in [0.15, 0.2) is 60.7 Å². The number of benzene rings is 3. The van der Waals surface area contributed by atoms with Gasteiger partial charge in [-0.2, -0.15) is 0 Å². The molecule has 2 saturated heterocycles. The molecule has 3 aromatic carbocycles. The molecule has 0 bridgehead atoms. The number of hydrogen-bond donors (Lipinski definition) is 0. The smallest absolute Gasteiger partial charge is 0.254 e. The van der Waals surface area contributed by atoms with Crippen molar-refractivity contribution in [2.45, 2.75) is 12.5 Å². The van der Waals surface area contributed by atoms with E-state index < -0.39 is 0 Å². The second-order valence-corrected chi connectivity index (χ2v) is 9.82. The topological polar surface area (TPSA) is 71.6 Å². The van der Waals surface area contributed by atoms with Crippen molar-refractivity contribution >= 4 is 22.6 Å². The summed E-state index contributed by atoms with van der Waals surface area (Å²) < 4.78 is 16.8. The molecule has 0 N–H and O–H groups in total. The number of morpholine rings is 1. The van der Waals surface area contributed by atoms with Gasteiger partial charge in [-0.1, -0.05) is 30.3 Å². The number of rotatable bonds is 4. The first-order valence-electron chi connectivity index (χ1n) is 12.9. The summed E-state index contributed by atoms with van der Waals surface area (Å²) in [6.07, 6.45) is 0.848. The zero-order chi connectivity index (χ0) is 25.2. The molecular formula is C29H31N3O5. The lowest BCUT2D eigenvalue weighted by Crippen LogP contribution is -2.50. The summed E-state index contributed by atoms with van der Waals surface area (Å²) in [6.45, 7) is 5.66. The van der Waals surface area contributed by atoms with Crippen LogP contribution in [0, 0.1) is 0 Å². The van der Waals surface area contributed by atoms with Crippen molar-refractivity contribution in [3.63, 3.8) is 0 Å². The molecule has 6 rings (SSSR count). The van der Waals surface area contributed by atoms with Gasteiger partial charge in [0.1, 0.15) is 0 Å². The molecule has 0 spiro atoms. The number of nitrogens with zero attached hydrogens (tertiary/aromatic N) is 3. The molecule has 37 heavy (non-hydrogen) atoms. The maximum atomic E-state index is 13.2. The molecule has 2 amide bonds. The van der Waals surface area contributed by atoms with Crippen molar-refractivity contribution in [2.24, 2.45) is 0 Å². The minimum atomic E-state index is -0.0607. The van der Waals surface area contributed by atoms with Gasteiger partial charge in [0.25, 0.3) is 11.8 Å². The van der Waals surface area contributed by atoms with Gasteiger partial charge in [-0.05, 0) is 54.1 Å². The molecule has 1 atom stereocenters. The van der Waals surface area contributed by atoms with E-state index in [1.54, 1.807) is 18.2 Å². The normalized spacial score (nSPS) is 20.2. The Morgan fingerprint density at radius 1 is 0.757 bits per heavy atom. The highest BCUT2D eigenvalue weighted by molar-refractivity contribution is 5.98. The van der Waals surface area contributed by atoms with Crippen molar-refractivity contribution in [3.05, 3.63) is 71.8 Å². The van der Waals surface area contributed by atoms with Crippen LogP contribution in [-0.4, -0.2) is 91.8 Å². The summed E-state index contributed by atoms with van der Waals surface area (Å²) >= 11 is 0. The molecule has 3 aliphatic rings. The van der Waals surface area contributed by atoms with E-state index in [0.717, 1.165) is 48.9 Å². The fourth-order valence-corrected chi connectivity index (χ4v) is 5.38. The monoisotopic (exact) mass is 501 g/mol. The molecular weight excluding hydrogens is 470 g/mol. The molecule has 192 valence electrons. The van der Waals surface area contributed by atoms with Gasteiger partial charge >= 0.3 is 0 Å². The SMILES string of the molecule is O=C(c1ccc2ccccc2c1)N1CCCN(CC2CN(C(=O)c3ccc4c(c3)OCO4)CCO2)CC1. The standard InChI is InChI=1S/C29H31N3O5/c33-28(23-7-6-21-4-1-2-5-22(21)16-23)31-11-3-10-30(12-13-31)18-25-19-32(14-15-35-25)29(34)24-8-9-26-27(17-24)37-20-36-26/h1-2,4-9,16-17,25H,3,10-15,18-20H2. The van der Waals surface area contributed by atoms with Crippen LogP contribution in [0.25, 0.3) is 10.8 Å². The Morgan fingerprint density at radius 3 is 2.46 bits per heavy atom. The number of carbonyl (C=O) groups excluding carboxylic acids is 2. The van der Waals surface area contributed by atoms with Gasteiger partial charge in [-0.25, -0.2) is 0 Å². The molecule has 0 aliphatic carbocycles. The molecule has 3 aromatic rings. The highest BCUT2D eigenvalue weighted by Gasteiger charge is 2.29. The average molecular weight is 502 g/mol. The molecule has 0 saturated carbocycles. The molecule has 2 fully saturated rings. The highest BCUT2D eigenvalue weighted by atomic mass is 16.7. The second kappa shape index (κ2) is 10.4. The van der Waals surface area contributed by atoms with Crippen molar-refractivity contribution in [3.8, 4) is 11.5 Å². The van der Waals surface area contributed by atoms with Gasteiger partial charge in [-0.3, -0.25) is 14.5 Å². The summed E-state index contributed by atoms with van der Waals surface area (Å²) in [5, 5.41) is 2.22. The minimum absolute atomic E-state index is 0.0189. The van der Waals surface area contributed by atoms with E-state index in [-0.39, 0.29) is 24.7 Å². The van der Waals surface area contributed by atoms with Crippen LogP contribution in [0.5, 0.6) is 11.5 Å². The fraction of sp³-hybridized carbons (Fsp3) is 0.379. The second-order valence-electron chi connectivity index (χ2n) is 9.82. The Bertz CT molecular complexity index is 1310. The van der Waals surface area contributed by atoms with E-state index in [1.807, 2.05) is 46.2 Å². The number of ether oxygens (including phenoxy) is 3. The lowest BCUT2D eigenvalue weighted by molar-refractivity contribution is -0.0353. The van der Waals surface area contributed by atoms with Crippen molar-refractivity contribution in [1.82, 2.24) is 14.7 Å². The quantitative estimate of drug-likeness (QED) is 0.547. The van der Waals surface area contributed by atoms with E-state index in [0.29, 0.717) is 43.3 Å². The molecule has 1 unspecified atom stereocenters. The Kier molecular flexibility index (Phi) is 6.68. The van der Waals surface area contributed by atoms with Crippen LogP contribution < -0.4 is 9.47 Å². The zero-order valence-corrected chi connectivity index (χ0v) is 20.8. The summed E-state index contributed by atoms with van der Waals surface area (Å²) in [5.74, 6) is 1.35. The van der Waals surface area contributed by atoms with E-state index >= 15 is 0 Å². The van der Waals surface area contributed by atoms with Gasteiger partial charge in [0, 0.05) is 50.4 Å². The summed E-state index contributed by atoms with van der Waals surface area (Å²) in [4.78, 5) is 32.6. The van der Waals surface area contributed by atoms with E-state index in [2.05, 4.69) is 11.0 Å². The first-order chi connectivity index (χ1) is 18.1. The molecule has 3 heterocycles. The van der Waals surface area contributed by atoms with Gasteiger partial charge < -0.3 is 24.0 Å². The van der Waals surface area contributed by atoms with Crippen LogP contribution in [0.2, 0.25) is 0 Å².